The highest BCUT2D eigenvalue weighted by Gasteiger charge is 2.37. The normalized spacial score (nSPS) is 12.9. The van der Waals surface area contributed by atoms with Gasteiger partial charge in [0.2, 0.25) is 11.8 Å². The van der Waals surface area contributed by atoms with E-state index in [1.165, 1.54) is 0 Å². The molecule has 0 fully saturated rings. The topological polar surface area (TPSA) is 87.7 Å². The lowest BCUT2D eigenvalue weighted by atomic mass is 9.93. The van der Waals surface area contributed by atoms with E-state index < -0.39 is 23.8 Å². The molecule has 1 rings (SSSR count). The quantitative estimate of drug-likeness (QED) is 0.206. The van der Waals surface area contributed by atoms with Crippen LogP contribution in [0.3, 0.4) is 0 Å². The van der Waals surface area contributed by atoms with Gasteiger partial charge in [0.05, 0.1) is 0 Å². The Balaban J connectivity index is 3.51. The van der Waals surface area contributed by atoms with Gasteiger partial charge in [0.25, 0.3) is 0 Å². The summed E-state index contributed by atoms with van der Waals surface area (Å²) in [5, 5.41) is 5.92. The summed E-state index contributed by atoms with van der Waals surface area (Å²) in [6.45, 7) is 14.6. The Labute approximate surface area is 241 Å². The number of nitrogens with one attached hydrogen (secondary N) is 2. The van der Waals surface area contributed by atoms with Gasteiger partial charge in [0, 0.05) is 13.1 Å². The van der Waals surface area contributed by atoms with Crippen molar-refractivity contribution in [3.8, 4) is 0 Å². The fourth-order valence-corrected chi connectivity index (χ4v) is 5.04. The molecule has 2 atom stereocenters. The van der Waals surface area contributed by atoms with E-state index in [-0.39, 0.29) is 11.8 Å². The lowest BCUT2D eigenvalue weighted by Gasteiger charge is -2.36. The van der Waals surface area contributed by atoms with E-state index in [2.05, 4.69) is 24.5 Å². The van der Waals surface area contributed by atoms with Crippen LogP contribution < -0.4 is 10.6 Å². The first-order chi connectivity index (χ1) is 18.5. The van der Waals surface area contributed by atoms with Crippen LogP contribution in [0.15, 0.2) is 18.2 Å². The number of amides is 3. The summed E-state index contributed by atoms with van der Waals surface area (Å²) in [5.74, 6) is 0.264. The Hall–Kier alpha value is -2.22. The molecule has 7 nitrogen and oxygen atoms in total. The smallest absolute Gasteiger partial charge is 0.408 e. The van der Waals surface area contributed by atoms with Gasteiger partial charge in [-0.25, -0.2) is 4.79 Å². The van der Waals surface area contributed by atoms with Crippen LogP contribution in [0, 0.1) is 13.8 Å². The molecule has 0 aliphatic carbocycles. The number of benzene rings is 1. The minimum absolute atomic E-state index is 0.177. The van der Waals surface area contributed by atoms with E-state index >= 15 is 0 Å². The average Bonchev–Trinajstić information content (AvgIpc) is 2.85. The number of hydrogen-bond donors (Lipinski definition) is 2. The van der Waals surface area contributed by atoms with Gasteiger partial charge in [-0.3, -0.25) is 9.59 Å². The number of alkyl carbamates (subject to hydrolysis) is 1. The molecule has 0 aliphatic rings. The van der Waals surface area contributed by atoms with Crippen molar-refractivity contribution >= 4 is 29.7 Å². The lowest BCUT2D eigenvalue weighted by Crippen LogP contribution is -2.53. The number of aryl methyl sites for hydroxylation is 2. The summed E-state index contributed by atoms with van der Waals surface area (Å²) in [6.07, 6.45) is 8.75. The third-order valence-corrected chi connectivity index (χ3v) is 7.23. The largest absolute Gasteiger partial charge is 0.444 e. The van der Waals surface area contributed by atoms with Crippen LogP contribution in [0.25, 0.3) is 0 Å². The molecule has 222 valence electrons. The summed E-state index contributed by atoms with van der Waals surface area (Å²) < 4.78 is 5.49. The Morgan fingerprint density at radius 1 is 0.974 bits per heavy atom. The van der Waals surface area contributed by atoms with E-state index in [9.17, 15) is 14.4 Å². The van der Waals surface area contributed by atoms with Crippen LogP contribution >= 0.6 is 11.8 Å². The molecule has 0 aliphatic heterocycles. The van der Waals surface area contributed by atoms with E-state index in [0.717, 1.165) is 61.6 Å². The number of carbonyl (C=O) groups is 3. The molecule has 2 N–H and O–H groups in total. The second-order valence-corrected chi connectivity index (χ2v) is 12.3. The molecule has 0 aromatic heterocycles. The van der Waals surface area contributed by atoms with Crippen LogP contribution in [-0.2, 0) is 14.3 Å². The van der Waals surface area contributed by atoms with Crippen molar-refractivity contribution in [2.24, 2.45) is 0 Å². The fourth-order valence-electron chi connectivity index (χ4n) is 4.57. The number of rotatable bonds is 17. The second kappa shape index (κ2) is 18.2. The van der Waals surface area contributed by atoms with Gasteiger partial charge in [0.1, 0.15) is 17.7 Å². The van der Waals surface area contributed by atoms with Crippen molar-refractivity contribution in [3.63, 3.8) is 0 Å². The molecule has 8 heteroatoms. The molecule has 1 aromatic rings. The summed E-state index contributed by atoms with van der Waals surface area (Å²) in [5.41, 5.74) is 2.11. The first-order valence-corrected chi connectivity index (χ1v) is 16.0. The van der Waals surface area contributed by atoms with E-state index in [0.29, 0.717) is 25.3 Å². The molecule has 0 saturated heterocycles. The number of hydrogen-bond acceptors (Lipinski definition) is 5. The first kappa shape index (κ1) is 34.8. The molecule has 0 saturated carbocycles. The molecule has 3 amide bonds. The maximum Gasteiger partial charge on any atom is 0.408 e. The highest BCUT2D eigenvalue weighted by molar-refractivity contribution is 7.98. The van der Waals surface area contributed by atoms with Crippen LogP contribution in [0.1, 0.15) is 109 Å². The molecule has 39 heavy (non-hydrogen) atoms. The van der Waals surface area contributed by atoms with Gasteiger partial charge in [0.15, 0.2) is 0 Å². The van der Waals surface area contributed by atoms with Crippen LogP contribution in [0.5, 0.6) is 0 Å². The summed E-state index contributed by atoms with van der Waals surface area (Å²) >= 11 is 1.61. The van der Waals surface area contributed by atoms with Crippen molar-refractivity contribution in [3.05, 3.63) is 34.9 Å². The molecule has 0 spiro atoms. The molecular formula is C31H53N3O4S. The lowest BCUT2D eigenvalue weighted by molar-refractivity contribution is -0.142. The van der Waals surface area contributed by atoms with E-state index in [1.807, 2.05) is 38.3 Å². The van der Waals surface area contributed by atoms with Crippen molar-refractivity contribution in [2.75, 3.05) is 25.1 Å². The number of thioether (sulfide) groups is 1. The SMILES string of the molecule is CCCCCCCN(C(=O)C(CCSC)NC(=O)OC(C)(C)C)C(C(=O)NCCCC)c1c(C)cccc1C. The zero-order chi connectivity index (χ0) is 29.4. The zero-order valence-electron chi connectivity index (χ0n) is 25.7. The molecule has 2 unspecified atom stereocenters. The number of nitrogens with zero attached hydrogens (tertiary/aromatic N) is 1. The first-order valence-electron chi connectivity index (χ1n) is 14.6. The van der Waals surface area contributed by atoms with Crippen LogP contribution in [-0.4, -0.2) is 59.5 Å². The maximum absolute atomic E-state index is 14.3. The minimum Gasteiger partial charge on any atom is -0.444 e. The molecule has 0 bridgehead atoms. The van der Waals surface area contributed by atoms with Gasteiger partial charge in [-0.1, -0.05) is 64.2 Å². The molecule has 0 heterocycles. The summed E-state index contributed by atoms with van der Waals surface area (Å²) in [4.78, 5) is 42.6. The van der Waals surface area contributed by atoms with Crippen molar-refractivity contribution < 1.29 is 19.1 Å². The van der Waals surface area contributed by atoms with Crippen molar-refractivity contribution in [1.82, 2.24) is 15.5 Å². The number of carbonyl (C=O) groups excluding carboxylic acids is 3. The molecular weight excluding hydrogens is 510 g/mol. The highest BCUT2D eigenvalue weighted by atomic mass is 32.2. The third kappa shape index (κ3) is 12.7. The fraction of sp³-hybridized carbons (Fsp3) is 0.710. The van der Waals surface area contributed by atoms with Gasteiger partial charge in [-0.15, -0.1) is 0 Å². The Morgan fingerprint density at radius 2 is 1.59 bits per heavy atom. The van der Waals surface area contributed by atoms with Crippen LogP contribution in [0.4, 0.5) is 4.79 Å². The highest BCUT2D eigenvalue weighted by Crippen LogP contribution is 2.29. The predicted molar refractivity (Wildman–Crippen MR) is 163 cm³/mol. The minimum atomic E-state index is -0.793. The number of unbranched alkanes of at least 4 members (excludes halogenated alkanes) is 5. The summed E-state index contributed by atoms with van der Waals surface area (Å²) in [7, 11) is 0. The summed E-state index contributed by atoms with van der Waals surface area (Å²) in [6, 6.07) is 4.38. The Bertz CT molecular complexity index is 880. The van der Waals surface area contributed by atoms with Crippen molar-refractivity contribution in [2.45, 2.75) is 118 Å². The van der Waals surface area contributed by atoms with Gasteiger partial charge in [-0.2, -0.15) is 11.8 Å². The monoisotopic (exact) mass is 563 g/mol. The maximum atomic E-state index is 14.3. The molecule has 0 radical (unpaired) electrons. The standard InChI is InChI=1S/C31H53N3O4S/c1-9-11-13-14-15-21-34(29(36)25(19-22-39-8)33-30(37)38-31(5,6)7)27(28(35)32-20-12-10-2)26-23(3)17-16-18-24(26)4/h16-18,25,27H,9-15,19-22H2,1-8H3,(H,32,35)(H,33,37). The van der Waals surface area contributed by atoms with Gasteiger partial charge >= 0.3 is 6.09 Å². The number of ether oxygens (including phenoxy) is 1. The third-order valence-electron chi connectivity index (χ3n) is 6.59. The van der Waals surface area contributed by atoms with Crippen LogP contribution in [0.2, 0.25) is 0 Å². The zero-order valence-corrected chi connectivity index (χ0v) is 26.5. The van der Waals surface area contributed by atoms with Crippen molar-refractivity contribution in [1.29, 1.82) is 0 Å². The van der Waals surface area contributed by atoms with Gasteiger partial charge < -0.3 is 20.3 Å². The Kier molecular flexibility index (Phi) is 16.2. The van der Waals surface area contributed by atoms with Gasteiger partial charge in [-0.05, 0) is 82.6 Å². The Morgan fingerprint density at radius 3 is 2.15 bits per heavy atom. The second-order valence-electron chi connectivity index (χ2n) is 11.3. The average molecular weight is 564 g/mol. The van der Waals surface area contributed by atoms with E-state index in [4.69, 9.17) is 4.74 Å². The molecule has 1 aromatic carbocycles. The predicted octanol–water partition coefficient (Wildman–Crippen LogP) is 6.71. The van der Waals surface area contributed by atoms with E-state index in [1.54, 1.807) is 37.4 Å².